The van der Waals surface area contributed by atoms with Crippen molar-refractivity contribution in [3.8, 4) is 0 Å². The molecule has 0 fully saturated rings. The number of carbonyl (C=O) groups is 2. The van der Waals surface area contributed by atoms with Crippen LogP contribution in [-0.2, 0) is 16.1 Å². The lowest BCUT2D eigenvalue weighted by Gasteiger charge is -2.05. The van der Waals surface area contributed by atoms with Crippen molar-refractivity contribution in [2.24, 2.45) is 0 Å². The van der Waals surface area contributed by atoms with Gasteiger partial charge in [-0.05, 0) is 12.5 Å². The summed E-state index contributed by atoms with van der Waals surface area (Å²) in [5.41, 5.74) is 0.723. The summed E-state index contributed by atoms with van der Waals surface area (Å²) >= 11 is 0. The van der Waals surface area contributed by atoms with Crippen LogP contribution in [0.5, 0.6) is 0 Å². The minimum absolute atomic E-state index is 0.0229. The van der Waals surface area contributed by atoms with Crippen LogP contribution >= 0.6 is 0 Å². The van der Waals surface area contributed by atoms with Gasteiger partial charge in [0.05, 0.1) is 13.4 Å². The average molecular weight is 268 g/mol. The molecule has 0 aliphatic heterocycles. The minimum atomic E-state index is -0.498. The Morgan fingerprint density at radius 3 is 2.84 bits per heavy atom. The molecular formula is C13H20N2O4. The zero-order valence-electron chi connectivity index (χ0n) is 11.3. The standard InChI is InChI=1S/C13H20N2O4/c1-3-6-15-11(16)4-7-14-9-10-5-8-19-12(10)13(17)18-2/h5,8,14H,3-4,6-7,9H2,1-2H3,(H,15,16). The van der Waals surface area contributed by atoms with Crippen molar-refractivity contribution in [1.29, 1.82) is 0 Å². The third-order valence-electron chi connectivity index (χ3n) is 2.53. The molecule has 19 heavy (non-hydrogen) atoms. The van der Waals surface area contributed by atoms with E-state index >= 15 is 0 Å². The number of esters is 1. The van der Waals surface area contributed by atoms with Crippen molar-refractivity contribution < 1.29 is 18.7 Å². The normalized spacial score (nSPS) is 10.2. The summed E-state index contributed by atoms with van der Waals surface area (Å²) in [5, 5.41) is 5.88. The van der Waals surface area contributed by atoms with E-state index in [0.29, 0.717) is 26.1 Å². The maximum atomic E-state index is 11.3. The van der Waals surface area contributed by atoms with Gasteiger partial charge in [0, 0.05) is 31.6 Å². The maximum Gasteiger partial charge on any atom is 0.374 e. The predicted molar refractivity (Wildman–Crippen MR) is 69.7 cm³/mol. The Balaban J connectivity index is 2.28. The van der Waals surface area contributed by atoms with E-state index in [-0.39, 0.29) is 11.7 Å². The van der Waals surface area contributed by atoms with Crippen LogP contribution in [0, 0.1) is 0 Å². The van der Waals surface area contributed by atoms with Gasteiger partial charge in [-0.1, -0.05) is 6.92 Å². The van der Waals surface area contributed by atoms with Gasteiger partial charge in [-0.15, -0.1) is 0 Å². The minimum Gasteiger partial charge on any atom is -0.463 e. The first-order valence-corrected chi connectivity index (χ1v) is 6.31. The molecular weight excluding hydrogens is 248 g/mol. The van der Waals surface area contributed by atoms with Crippen molar-refractivity contribution in [2.45, 2.75) is 26.3 Å². The number of furan rings is 1. The van der Waals surface area contributed by atoms with Crippen molar-refractivity contribution in [1.82, 2.24) is 10.6 Å². The van der Waals surface area contributed by atoms with E-state index < -0.39 is 5.97 Å². The molecule has 0 aliphatic rings. The van der Waals surface area contributed by atoms with Gasteiger partial charge < -0.3 is 19.8 Å². The van der Waals surface area contributed by atoms with Crippen molar-refractivity contribution in [3.63, 3.8) is 0 Å². The molecule has 1 aromatic rings. The molecule has 0 radical (unpaired) electrons. The van der Waals surface area contributed by atoms with Crippen molar-refractivity contribution >= 4 is 11.9 Å². The van der Waals surface area contributed by atoms with Gasteiger partial charge in [0.1, 0.15) is 0 Å². The van der Waals surface area contributed by atoms with E-state index in [4.69, 9.17) is 4.42 Å². The van der Waals surface area contributed by atoms with Crippen LogP contribution in [0.1, 0.15) is 35.9 Å². The quantitative estimate of drug-likeness (QED) is 0.544. The van der Waals surface area contributed by atoms with Crippen LogP contribution < -0.4 is 10.6 Å². The summed E-state index contributed by atoms with van der Waals surface area (Å²) < 4.78 is 9.65. The van der Waals surface area contributed by atoms with E-state index in [1.807, 2.05) is 6.92 Å². The maximum absolute atomic E-state index is 11.3. The zero-order valence-corrected chi connectivity index (χ0v) is 11.3. The molecule has 0 atom stereocenters. The molecule has 0 aromatic carbocycles. The first-order chi connectivity index (χ1) is 9.19. The van der Waals surface area contributed by atoms with Crippen molar-refractivity contribution in [3.05, 3.63) is 23.7 Å². The highest BCUT2D eigenvalue weighted by Gasteiger charge is 2.15. The summed E-state index contributed by atoms with van der Waals surface area (Å²) in [6.45, 7) is 3.71. The Labute approximate surface area is 112 Å². The number of carbonyl (C=O) groups excluding carboxylic acids is 2. The Hall–Kier alpha value is -1.82. The first-order valence-electron chi connectivity index (χ1n) is 6.31. The molecule has 6 heteroatoms. The van der Waals surface area contributed by atoms with Crippen LogP contribution in [0.2, 0.25) is 0 Å². The van der Waals surface area contributed by atoms with Gasteiger partial charge >= 0.3 is 5.97 Å². The third-order valence-corrected chi connectivity index (χ3v) is 2.53. The number of nitrogens with one attached hydrogen (secondary N) is 2. The number of hydrogen-bond acceptors (Lipinski definition) is 5. The van der Waals surface area contributed by atoms with Crippen molar-refractivity contribution in [2.75, 3.05) is 20.2 Å². The molecule has 0 saturated heterocycles. The van der Waals surface area contributed by atoms with Crippen LogP contribution in [0.3, 0.4) is 0 Å². The number of hydrogen-bond donors (Lipinski definition) is 2. The molecule has 106 valence electrons. The lowest BCUT2D eigenvalue weighted by atomic mass is 10.2. The lowest BCUT2D eigenvalue weighted by Crippen LogP contribution is -2.28. The average Bonchev–Trinajstić information content (AvgIpc) is 2.88. The van der Waals surface area contributed by atoms with Crippen LogP contribution in [0.15, 0.2) is 16.7 Å². The summed E-state index contributed by atoms with van der Waals surface area (Å²) in [7, 11) is 1.31. The fourth-order valence-corrected chi connectivity index (χ4v) is 1.52. The fraction of sp³-hybridized carbons (Fsp3) is 0.538. The van der Waals surface area contributed by atoms with Gasteiger partial charge in [0.2, 0.25) is 11.7 Å². The molecule has 1 rings (SSSR count). The van der Waals surface area contributed by atoms with Gasteiger partial charge in [-0.25, -0.2) is 4.79 Å². The Morgan fingerprint density at radius 1 is 1.37 bits per heavy atom. The van der Waals surface area contributed by atoms with Crippen LogP contribution in [0.25, 0.3) is 0 Å². The SMILES string of the molecule is CCCNC(=O)CCNCc1ccoc1C(=O)OC. The Kier molecular flexibility index (Phi) is 6.67. The third kappa shape index (κ3) is 5.13. The second kappa shape index (κ2) is 8.31. The summed E-state index contributed by atoms with van der Waals surface area (Å²) in [5.74, 6) is -0.275. The van der Waals surface area contributed by atoms with E-state index in [1.165, 1.54) is 13.4 Å². The summed E-state index contributed by atoms with van der Waals surface area (Å²) in [6, 6.07) is 1.70. The molecule has 0 spiro atoms. The molecule has 0 aliphatic carbocycles. The highest BCUT2D eigenvalue weighted by Crippen LogP contribution is 2.11. The molecule has 0 saturated carbocycles. The van der Waals surface area contributed by atoms with Gasteiger partial charge in [-0.3, -0.25) is 4.79 Å². The second-order valence-corrected chi connectivity index (χ2v) is 4.04. The second-order valence-electron chi connectivity index (χ2n) is 4.04. The summed E-state index contributed by atoms with van der Waals surface area (Å²) in [4.78, 5) is 22.7. The Morgan fingerprint density at radius 2 is 2.16 bits per heavy atom. The van der Waals surface area contributed by atoms with E-state index in [0.717, 1.165) is 12.0 Å². The Bertz CT molecular complexity index is 415. The molecule has 1 aromatic heterocycles. The first kappa shape index (κ1) is 15.2. The monoisotopic (exact) mass is 268 g/mol. The van der Waals surface area contributed by atoms with Gasteiger partial charge in [-0.2, -0.15) is 0 Å². The number of ether oxygens (including phenoxy) is 1. The highest BCUT2D eigenvalue weighted by molar-refractivity contribution is 5.87. The van der Waals surface area contributed by atoms with Gasteiger partial charge in [0.25, 0.3) is 0 Å². The molecule has 1 heterocycles. The van der Waals surface area contributed by atoms with Gasteiger partial charge in [0.15, 0.2) is 0 Å². The smallest absolute Gasteiger partial charge is 0.374 e. The molecule has 6 nitrogen and oxygen atoms in total. The number of amides is 1. The number of methoxy groups -OCH3 is 1. The zero-order chi connectivity index (χ0) is 14.1. The molecule has 0 unspecified atom stereocenters. The van der Waals surface area contributed by atoms with Crippen LogP contribution in [0.4, 0.5) is 0 Å². The predicted octanol–water partition coefficient (Wildman–Crippen LogP) is 1.07. The molecule has 0 bridgehead atoms. The number of rotatable bonds is 8. The highest BCUT2D eigenvalue weighted by atomic mass is 16.5. The topological polar surface area (TPSA) is 80.6 Å². The fourth-order valence-electron chi connectivity index (χ4n) is 1.52. The lowest BCUT2D eigenvalue weighted by molar-refractivity contribution is -0.120. The van der Waals surface area contributed by atoms with Crippen LogP contribution in [-0.4, -0.2) is 32.1 Å². The van der Waals surface area contributed by atoms with E-state index in [2.05, 4.69) is 15.4 Å². The van der Waals surface area contributed by atoms with E-state index in [9.17, 15) is 9.59 Å². The summed E-state index contributed by atoms with van der Waals surface area (Å²) in [6.07, 6.45) is 2.78. The van der Waals surface area contributed by atoms with E-state index in [1.54, 1.807) is 6.07 Å². The largest absolute Gasteiger partial charge is 0.463 e. The molecule has 1 amide bonds. The molecule has 2 N–H and O–H groups in total.